The Labute approximate surface area is 128 Å². The highest BCUT2D eigenvalue weighted by molar-refractivity contribution is 6.12. The lowest BCUT2D eigenvalue weighted by atomic mass is 9.71. The van der Waals surface area contributed by atoms with E-state index in [0.717, 1.165) is 12.1 Å². The van der Waals surface area contributed by atoms with Gasteiger partial charge in [0, 0.05) is 19.2 Å². The number of likely N-dealkylation sites (tertiary alicyclic amines) is 1. The fourth-order valence-electron chi connectivity index (χ4n) is 3.80. The third-order valence-corrected chi connectivity index (χ3v) is 4.75. The molecule has 0 aromatic heterocycles. The standard InChI is InChI=1S/C16H15N5O/c1-9(22)21-7-6-11-10-4-2-3-5-12(10)18-15-13(8-17)19-20-16(21)14(11)15/h2-5,11,14-15,18H,6-7H2,1H3. The number of amidine groups is 1. The Morgan fingerprint density at radius 3 is 3.00 bits per heavy atom. The molecule has 1 saturated heterocycles. The molecule has 0 radical (unpaired) electrons. The van der Waals surface area contributed by atoms with Gasteiger partial charge in [0.1, 0.15) is 11.9 Å². The maximum absolute atomic E-state index is 11.9. The molecule has 0 spiro atoms. The van der Waals surface area contributed by atoms with Gasteiger partial charge in [-0.1, -0.05) is 18.2 Å². The van der Waals surface area contributed by atoms with Crippen LogP contribution in [0.25, 0.3) is 0 Å². The second-order valence-corrected chi connectivity index (χ2v) is 5.86. The average Bonchev–Trinajstić information content (AvgIpc) is 2.55. The van der Waals surface area contributed by atoms with Gasteiger partial charge in [0.05, 0.1) is 12.0 Å². The lowest BCUT2D eigenvalue weighted by molar-refractivity contribution is -0.125. The summed E-state index contributed by atoms with van der Waals surface area (Å²) in [7, 11) is 0. The molecule has 6 nitrogen and oxygen atoms in total. The van der Waals surface area contributed by atoms with Crippen molar-refractivity contribution in [3.8, 4) is 6.07 Å². The number of fused-ring (bicyclic) bond motifs is 2. The first-order valence-corrected chi connectivity index (χ1v) is 7.40. The average molecular weight is 293 g/mol. The van der Waals surface area contributed by atoms with E-state index in [1.165, 1.54) is 5.56 Å². The van der Waals surface area contributed by atoms with E-state index >= 15 is 0 Å². The molecule has 0 aliphatic carbocycles. The fraction of sp³-hybridized carbons (Fsp3) is 0.375. The number of carbonyl (C=O) groups excluding carboxylic acids is 1. The highest BCUT2D eigenvalue weighted by Gasteiger charge is 2.48. The molecule has 4 rings (SSSR count). The van der Waals surface area contributed by atoms with Crippen molar-refractivity contribution < 1.29 is 4.79 Å². The van der Waals surface area contributed by atoms with Crippen molar-refractivity contribution in [1.29, 1.82) is 5.26 Å². The zero-order valence-corrected chi connectivity index (χ0v) is 12.2. The van der Waals surface area contributed by atoms with Gasteiger partial charge in [-0.25, -0.2) is 0 Å². The van der Waals surface area contributed by atoms with Crippen molar-refractivity contribution in [3.05, 3.63) is 29.8 Å². The molecular formula is C16H15N5O. The van der Waals surface area contributed by atoms with Gasteiger partial charge < -0.3 is 5.32 Å². The third kappa shape index (κ3) is 1.69. The lowest BCUT2D eigenvalue weighted by Crippen LogP contribution is -2.57. The Balaban J connectivity index is 1.87. The van der Waals surface area contributed by atoms with E-state index in [9.17, 15) is 10.1 Å². The number of benzene rings is 1. The van der Waals surface area contributed by atoms with Crippen molar-refractivity contribution in [2.24, 2.45) is 16.1 Å². The van der Waals surface area contributed by atoms with Gasteiger partial charge in [0.15, 0.2) is 5.71 Å². The first-order chi connectivity index (χ1) is 10.7. The van der Waals surface area contributed by atoms with E-state index in [0.29, 0.717) is 18.1 Å². The molecule has 3 aliphatic rings. The minimum absolute atomic E-state index is 0.0142. The van der Waals surface area contributed by atoms with Crippen LogP contribution in [0.1, 0.15) is 24.8 Å². The zero-order valence-electron chi connectivity index (χ0n) is 12.2. The highest BCUT2D eigenvalue weighted by atomic mass is 16.2. The predicted molar refractivity (Wildman–Crippen MR) is 82.6 cm³/mol. The number of nitrogens with one attached hydrogen (secondary N) is 1. The van der Waals surface area contributed by atoms with Gasteiger partial charge in [0.2, 0.25) is 5.91 Å². The van der Waals surface area contributed by atoms with Crippen molar-refractivity contribution >= 4 is 23.1 Å². The number of hydrogen-bond donors (Lipinski definition) is 1. The van der Waals surface area contributed by atoms with Crippen LogP contribution in [0.2, 0.25) is 0 Å². The number of carbonyl (C=O) groups is 1. The lowest BCUT2D eigenvalue weighted by Gasteiger charge is -2.47. The molecule has 1 fully saturated rings. The maximum Gasteiger partial charge on any atom is 0.224 e. The quantitative estimate of drug-likeness (QED) is 0.791. The minimum Gasteiger partial charge on any atom is -0.375 e. The summed E-state index contributed by atoms with van der Waals surface area (Å²) in [4.78, 5) is 13.6. The van der Waals surface area contributed by atoms with Gasteiger partial charge in [-0.15, -0.1) is 10.2 Å². The molecule has 1 N–H and O–H groups in total. The Morgan fingerprint density at radius 1 is 1.41 bits per heavy atom. The number of hydrogen-bond acceptors (Lipinski definition) is 5. The molecule has 0 saturated carbocycles. The SMILES string of the molecule is CC(=O)N1CCC2c3ccccc3NC3C(C#N)=NN=C1C32. The van der Waals surface area contributed by atoms with E-state index < -0.39 is 0 Å². The largest absolute Gasteiger partial charge is 0.375 e. The molecule has 1 amide bonds. The normalized spacial score (nSPS) is 28.4. The second-order valence-electron chi connectivity index (χ2n) is 5.86. The Bertz CT molecular complexity index is 760. The third-order valence-electron chi connectivity index (χ3n) is 4.75. The molecule has 0 bridgehead atoms. The molecular weight excluding hydrogens is 278 g/mol. The van der Waals surface area contributed by atoms with Gasteiger partial charge >= 0.3 is 0 Å². The summed E-state index contributed by atoms with van der Waals surface area (Å²) in [6.07, 6.45) is 0.872. The molecule has 3 atom stereocenters. The number of anilines is 1. The fourth-order valence-corrected chi connectivity index (χ4v) is 3.80. The number of amides is 1. The van der Waals surface area contributed by atoms with Crippen LogP contribution in [0.15, 0.2) is 34.5 Å². The van der Waals surface area contributed by atoms with E-state index in [2.05, 4.69) is 27.7 Å². The summed E-state index contributed by atoms with van der Waals surface area (Å²) in [6.45, 7) is 2.19. The van der Waals surface area contributed by atoms with Crippen LogP contribution in [-0.4, -0.2) is 34.9 Å². The molecule has 6 heteroatoms. The van der Waals surface area contributed by atoms with Gasteiger partial charge in [0.25, 0.3) is 0 Å². The van der Waals surface area contributed by atoms with Crippen LogP contribution in [0.5, 0.6) is 0 Å². The number of nitriles is 1. The number of nitrogens with zero attached hydrogens (tertiary/aromatic N) is 4. The van der Waals surface area contributed by atoms with E-state index in [4.69, 9.17) is 0 Å². The Morgan fingerprint density at radius 2 is 2.23 bits per heavy atom. The van der Waals surface area contributed by atoms with Crippen molar-refractivity contribution in [2.45, 2.75) is 25.3 Å². The molecule has 1 aromatic rings. The Kier molecular flexibility index (Phi) is 2.76. The summed E-state index contributed by atoms with van der Waals surface area (Å²) in [5.41, 5.74) is 2.67. The summed E-state index contributed by atoms with van der Waals surface area (Å²) < 4.78 is 0. The first kappa shape index (κ1) is 13.0. The van der Waals surface area contributed by atoms with E-state index in [-0.39, 0.29) is 23.8 Å². The maximum atomic E-state index is 11.9. The van der Waals surface area contributed by atoms with Crippen LogP contribution in [0, 0.1) is 17.2 Å². The summed E-state index contributed by atoms with van der Waals surface area (Å²) in [5.74, 6) is 0.913. The molecule has 3 heterocycles. The molecule has 3 aliphatic heterocycles. The predicted octanol–water partition coefficient (Wildman–Crippen LogP) is 1.72. The first-order valence-electron chi connectivity index (χ1n) is 7.40. The van der Waals surface area contributed by atoms with Crippen LogP contribution >= 0.6 is 0 Å². The Hall–Kier alpha value is -2.68. The van der Waals surface area contributed by atoms with Crippen molar-refractivity contribution in [1.82, 2.24) is 4.90 Å². The van der Waals surface area contributed by atoms with Crippen LogP contribution < -0.4 is 5.32 Å². The second kappa shape index (κ2) is 4.67. The summed E-state index contributed by atoms with van der Waals surface area (Å²) in [5, 5.41) is 21.0. The smallest absolute Gasteiger partial charge is 0.224 e. The van der Waals surface area contributed by atoms with Crippen LogP contribution in [0.4, 0.5) is 5.69 Å². The van der Waals surface area contributed by atoms with Crippen molar-refractivity contribution in [2.75, 3.05) is 11.9 Å². The topological polar surface area (TPSA) is 80.9 Å². The van der Waals surface area contributed by atoms with Gasteiger partial charge in [-0.3, -0.25) is 9.69 Å². The van der Waals surface area contributed by atoms with Crippen molar-refractivity contribution in [3.63, 3.8) is 0 Å². The summed E-state index contributed by atoms with van der Waals surface area (Å²) >= 11 is 0. The summed E-state index contributed by atoms with van der Waals surface area (Å²) in [6, 6.07) is 10.1. The molecule has 22 heavy (non-hydrogen) atoms. The van der Waals surface area contributed by atoms with Gasteiger partial charge in [-0.2, -0.15) is 5.26 Å². The molecule has 3 unspecified atom stereocenters. The number of piperidine rings is 1. The van der Waals surface area contributed by atoms with Crippen LogP contribution in [-0.2, 0) is 4.79 Å². The van der Waals surface area contributed by atoms with E-state index in [1.54, 1.807) is 11.8 Å². The molecule has 110 valence electrons. The monoisotopic (exact) mass is 293 g/mol. The van der Waals surface area contributed by atoms with Gasteiger partial charge in [-0.05, 0) is 24.0 Å². The van der Waals surface area contributed by atoms with Crippen LogP contribution in [0.3, 0.4) is 0 Å². The zero-order chi connectivity index (χ0) is 15.3. The number of para-hydroxylation sites is 1. The minimum atomic E-state index is -0.209. The highest BCUT2D eigenvalue weighted by Crippen LogP contribution is 2.45. The van der Waals surface area contributed by atoms with E-state index in [1.807, 2.05) is 18.2 Å². The molecule has 1 aromatic carbocycles. The number of rotatable bonds is 0.